The summed E-state index contributed by atoms with van der Waals surface area (Å²) in [5.74, 6) is -0.942. The normalized spacial score (nSPS) is 13.0. The second-order valence-corrected chi connectivity index (χ2v) is 6.93. The Hall–Kier alpha value is -3.35. The first-order chi connectivity index (χ1) is 12.8. The number of carbonyl (C=O) groups excluding carboxylic acids is 2. The number of amides is 1. The molecule has 0 fully saturated rings. The van der Waals surface area contributed by atoms with E-state index in [2.05, 4.69) is 20.6 Å². The smallest absolute Gasteiger partial charge is 0.271 e. The number of hydrogen-bond acceptors (Lipinski definition) is 5. The van der Waals surface area contributed by atoms with Gasteiger partial charge in [-0.1, -0.05) is 51.1 Å². The highest BCUT2D eigenvalue weighted by Crippen LogP contribution is 2.27. The highest BCUT2D eigenvalue weighted by atomic mass is 16.3. The average molecular weight is 368 g/mol. The van der Waals surface area contributed by atoms with Gasteiger partial charge in [-0.3, -0.25) is 9.59 Å². The van der Waals surface area contributed by atoms with Crippen LogP contribution in [0.4, 0.5) is 0 Å². The van der Waals surface area contributed by atoms with Gasteiger partial charge in [-0.25, -0.2) is 4.98 Å². The van der Waals surface area contributed by atoms with E-state index in [4.69, 9.17) is 0 Å². The molecule has 0 saturated heterocycles. The molecule has 0 spiro atoms. The number of benzene rings is 1. The number of nitrogens with zero attached hydrogens (tertiary/aromatic N) is 1. The van der Waals surface area contributed by atoms with Crippen molar-refractivity contribution in [1.29, 1.82) is 0 Å². The topological polar surface area (TPSA) is 107 Å². The number of carbonyl (C=O) groups is 2. The van der Waals surface area contributed by atoms with Gasteiger partial charge in [-0.05, 0) is 11.6 Å². The van der Waals surface area contributed by atoms with Crippen LogP contribution >= 0.6 is 0 Å². The molecule has 7 heteroatoms. The van der Waals surface area contributed by atoms with Crippen LogP contribution in [0.2, 0.25) is 0 Å². The van der Waals surface area contributed by atoms with Crippen LogP contribution < -0.4 is 10.6 Å². The number of aliphatic hydroxyl groups excluding tert-OH is 1. The third kappa shape index (κ3) is 4.84. The van der Waals surface area contributed by atoms with Crippen LogP contribution in [-0.4, -0.2) is 34.3 Å². The molecule has 0 unspecified atom stereocenters. The molecule has 27 heavy (non-hydrogen) atoms. The van der Waals surface area contributed by atoms with E-state index in [9.17, 15) is 14.7 Å². The third-order valence-corrected chi connectivity index (χ3v) is 3.86. The van der Waals surface area contributed by atoms with Gasteiger partial charge in [-0.2, -0.15) is 0 Å². The Kier molecular flexibility index (Phi) is 6.18. The Balaban J connectivity index is 2.34. The summed E-state index contributed by atoms with van der Waals surface area (Å²) in [6, 6.07) is 9.27. The molecule has 2 rings (SSSR count). The first-order valence-electron chi connectivity index (χ1n) is 8.46. The molecule has 7 nitrogen and oxygen atoms in total. The summed E-state index contributed by atoms with van der Waals surface area (Å²) < 4.78 is 0. The predicted octanol–water partition coefficient (Wildman–Crippen LogP) is 2.51. The first-order valence-corrected chi connectivity index (χ1v) is 8.46. The number of aromatic nitrogens is 2. The predicted molar refractivity (Wildman–Crippen MR) is 105 cm³/mol. The highest BCUT2D eigenvalue weighted by molar-refractivity contribution is 6.02. The Bertz CT molecular complexity index is 874. The maximum atomic E-state index is 12.5. The fourth-order valence-corrected chi connectivity index (χ4v) is 2.47. The summed E-state index contributed by atoms with van der Waals surface area (Å²) in [5.41, 5.74) is 1.35. The lowest BCUT2D eigenvalue weighted by atomic mass is 9.90. The maximum absolute atomic E-state index is 12.5. The Morgan fingerprint density at radius 2 is 1.89 bits per heavy atom. The maximum Gasteiger partial charge on any atom is 0.271 e. The van der Waals surface area contributed by atoms with Crippen molar-refractivity contribution in [3.63, 3.8) is 0 Å². The van der Waals surface area contributed by atoms with E-state index < -0.39 is 5.91 Å². The quantitative estimate of drug-likeness (QED) is 0.356. The van der Waals surface area contributed by atoms with E-state index in [1.54, 1.807) is 13.1 Å². The van der Waals surface area contributed by atoms with Crippen LogP contribution in [0.5, 0.6) is 0 Å². The molecule has 0 bridgehead atoms. The summed E-state index contributed by atoms with van der Waals surface area (Å²) >= 11 is 0. The molecule has 1 heterocycles. The Morgan fingerprint density at radius 1 is 1.22 bits per heavy atom. The fourth-order valence-electron chi connectivity index (χ4n) is 2.47. The first kappa shape index (κ1) is 20.0. The SMILES string of the molecule is CN/C(=C\c1ccccc1)C(=O)N/C(C=O)=C(/O)c1nc[nH]c1C(C)(C)C. The molecule has 0 aliphatic heterocycles. The van der Waals surface area contributed by atoms with E-state index in [0.29, 0.717) is 12.0 Å². The summed E-state index contributed by atoms with van der Waals surface area (Å²) in [7, 11) is 1.60. The fraction of sp³-hybridized carbons (Fsp3) is 0.250. The van der Waals surface area contributed by atoms with Gasteiger partial charge in [0.25, 0.3) is 5.91 Å². The molecular weight excluding hydrogens is 344 g/mol. The molecule has 1 amide bonds. The summed E-state index contributed by atoms with van der Waals surface area (Å²) in [5, 5.41) is 15.8. The van der Waals surface area contributed by atoms with Gasteiger partial charge in [-0.15, -0.1) is 0 Å². The lowest BCUT2D eigenvalue weighted by Crippen LogP contribution is -2.31. The minimum atomic E-state index is -0.553. The van der Waals surface area contributed by atoms with Crippen molar-refractivity contribution >= 4 is 24.0 Å². The van der Waals surface area contributed by atoms with Gasteiger partial charge < -0.3 is 20.7 Å². The van der Waals surface area contributed by atoms with Crippen molar-refractivity contribution in [2.45, 2.75) is 26.2 Å². The summed E-state index contributed by atoms with van der Waals surface area (Å²) in [6.45, 7) is 5.83. The van der Waals surface area contributed by atoms with Crippen molar-refractivity contribution in [2.24, 2.45) is 0 Å². The summed E-state index contributed by atoms with van der Waals surface area (Å²) in [4.78, 5) is 31.1. The third-order valence-electron chi connectivity index (χ3n) is 3.86. The molecule has 4 N–H and O–H groups in total. The van der Waals surface area contributed by atoms with Gasteiger partial charge >= 0.3 is 0 Å². The van der Waals surface area contributed by atoms with Gasteiger partial charge in [0.1, 0.15) is 17.1 Å². The van der Waals surface area contributed by atoms with Crippen molar-refractivity contribution in [3.8, 4) is 0 Å². The number of likely N-dealkylation sites (N-methyl/N-ethyl adjacent to an activating group) is 1. The number of nitrogens with one attached hydrogen (secondary N) is 3. The second kappa shape index (κ2) is 8.35. The number of imidazole rings is 1. The second-order valence-electron chi connectivity index (χ2n) is 6.93. The largest absolute Gasteiger partial charge is 0.504 e. The standard InChI is InChI=1S/C20H24N4O3/c1-20(2,3)18-16(22-12-23-18)17(26)15(11-25)24-19(27)14(21-4)10-13-8-6-5-7-9-13/h5-12,21,26H,1-4H3,(H,22,23)(H,24,27)/b14-10-,17-15+. The zero-order valence-corrected chi connectivity index (χ0v) is 15.8. The van der Waals surface area contributed by atoms with E-state index in [1.807, 2.05) is 51.1 Å². The molecule has 0 radical (unpaired) electrons. The minimum absolute atomic E-state index is 0.225. The van der Waals surface area contributed by atoms with Gasteiger partial charge in [0, 0.05) is 12.5 Å². The number of aliphatic hydroxyl groups is 1. The Labute approximate surface area is 158 Å². The van der Waals surface area contributed by atoms with Crippen LogP contribution in [-0.2, 0) is 15.0 Å². The molecule has 0 aliphatic rings. The number of hydrogen-bond donors (Lipinski definition) is 4. The number of aldehydes is 1. The molecule has 0 aliphatic carbocycles. The lowest BCUT2D eigenvalue weighted by Gasteiger charge is -2.18. The van der Waals surface area contributed by atoms with E-state index in [-0.39, 0.29) is 28.3 Å². The highest BCUT2D eigenvalue weighted by Gasteiger charge is 2.25. The Morgan fingerprint density at radius 3 is 2.44 bits per heavy atom. The molecule has 2 aromatic rings. The van der Waals surface area contributed by atoms with E-state index in [1.165, 1.54) is 6.33 Å². The zero-order chi connectivity index (χ0) is 20.0. The molecule has 1 aromatic heterocycles. The zero-order valence-electron chi connectivity index (χ0n) is 15.8. The van der Waals surface area contributed by atoms with Crippen LogP contribution in [0.3, 0.4) is 0 Å². The van der Waals surface area contributed by atoms with Crippen LogP contribution in [0.15, 0.2) is 48.1 Å². The molecular formula is C20H24N4O3. The minimum Gasteiger partial charge on any atom is -0.504 e. The van der Waals surface area contributed by atoms with Crippen molar-refractivity contribution in [2.75, 3.05) is 7.05 Å². The van der Waals surface area contributed by atoms with Crippen LogP contribution in [0, 0.1) is 0 Å². The molecule has 0 saturated carbocycles. The van der Waals surface area contributed by atoms with Crippen molar-refractivity contribution in [3.05, 3.63) is 65.0 Å². The number of aromatic amines is 1. The van der Waals surface area contributed by atoms with Gasteiger partial charge in [0.15, 0.2) is 12.0 Å². The molecule has 1 aromatic carbocycles. The molecule has 142 valence electrons. The monoisotopic (exact) mass is 368 g/mol. The number of rotatable bonds is 6. The average Bonchev–Trinajstić information content (AvgIpc) is 3.14. The lowest BCUT2D eigenvalue weighted by molar-refractivity contribution is -0.118. The van der Waals surface area contributed by atoms with Crippen molar-refractivity contribution < 1.29 is 14.7 Å². The molecule has 0 atom stereocenters. The van der Waals surface area contributed by atoms with Crippen molar-refractivity contribution in [1.82, 2.24) is 20.6 Å². The van der Waals surface area contributed by atoms with Crippen LogP contribution in [0.25, 0.3) is 11.8 Å². The van der Waals surface area contributed by atoms with E-state index >= 15 is 0 Å². The number of allylic oxidation sites excluding steroid dienone is 1. The van der Waals surface area contributed by atoms with E-state index in [0.717, 1.165) is 5.56 Å². The number of H-pyrrole nitrogens is 1. The van der Waals surface area contributed by atoms with Gasteiger partial charge in [0.05, 0.1) is 12.0 Å². The van der Waals surface area contributed by atoms with Gasteiger partial charge in [0.2, 0.25) is 0 Å². The summed E-state index contributed by atoms with van der Waals surface area (Å²) in [6.07, 6.45) is 3.47. The van der Waals surface area contributed by atoms with Crippen LogP contribution in [0.1, 0.15) is 37.7 Å².